The fraction of sp³-hybridized carbons (Fsp3) is 0.188. The zero-order valence-electron chi connectivity index (χ0n) is 11.4. The quantitative estimate of drug-likeness (QED) is 0.618. The SMILES string of the molecule is CCc1ccc(N(C)C(=O)c2cc(I)ccc2Br)cc1. The summed E-state index contributed by atoms with van der Waals surface area (Å²) >= 11 is 5.66. The van der Waals surface area contributed by atoms with Crippen LogP contribution in [0.5, 0.6) is 0 Å². The second kappa shape index (κ2) is 6.72. The smallest absolute Gasteiger partial charge is 0.259 e. The second-order valence-corrected chi connectivity index (χ2v) is 6.61. The fourth-order valence-corrected chi connectivity index (χ4v) is 2.82. The molecule has 1 amide bonds. The highest BCUT2D eigenvalue weighted by atomic mass is 127. The average molecular weight is 444 g/mol. The van der Waals surface area contributed by atoms with Gasteiger partial charge in [-0.25, -0.2) is 0 Å². The molecule has 2 rings (SSSR count). The molecular formula is C16H15BrINO. The van der Waals surface area contributed by atoms with Gasteiger partial charge in [0.05, 0.1) is 5.56 Å². The number of benzene rings is 2. The van der Waals surface area contributed by atoms with Crippen LogP contribution in [0, 0.1) is 3.57 Å². The summed E-state index contributed by atoms with van der Waals surface area (Å²) in [6.07, 6.45) is 1.00. The van der Waals surface area contributed by atoms with Crippen molar-refractivity contribution < 1.29 is 4.79 Å². The first-order valence-corrected chi connectivity index (χ1v) is 8.22. The third-order valence-corrected chi connectivity index (χ3v) is 4.56. The van der Waals surface area contributed by atoms with Gasteiger partial charge in [0.2, 0.25) is 0 Å². The van der Waals surface area contributed by atoms with Crippen molar-refractivity contribution >= 4 is 50.1 Å². The molecule has 0 atom stereocenters. The van der Waals surface area contributed by atoms with Crippen molar-refractivity contribution in [1.29, 1.82) is 0 Å². The molecule has 0 saturated carbocycles. The topological polar surface area (TPSA) is 20.3 Å². The fourth-order valence-electron chi connectivity index (χ4n) is 1.91. The molecule has 0 aliphatic rings. The predicted octanol–water partition coefficient (Wildman–Crippen LogP) is 4.89. The first kappa shape index (κ1) is 15.5. The Morgan fingerprint density at radius 1 is 1.20 bits per heavy atom. The highest BCUT2D eigenvalue weighted by Gasteiger charge is 2.16. The van der Waals surface area contributed by atoms with E-state index in [1.807, 2.05) is 30.3 Å². The predicted molar refractivity (Wildman–Crippen MR) is 95.4 cm³/mol. The second-order valence-electron chi connectivity index (χ2n) is 4.51. The molecule has 0 saturated heterocycles. The number of carbonyl (C=O) groups excluding carboxylic acids is 1. The van der Waals surface area contributed by atoms with Crippen LogP contribution in [0.25, 0.3) is 0 Å². The maximum atomic E-state index is 12.6. The lowest BCUT2D eigenvalue weighted by molar-refractivity contribution is 0.0992. The van der Waals surface area contributed by atoms with Gasteiger partial charge in [0.1, 0.15) is 0 Å². The highest BCUT2D eigenvalue weighted by Crippen LogP contribution is 2.23. The summed E-state index contributed by atoms with van der Waals surface area (Å²) in [6.45, 7) is 2.12. The van der Waals surface area contributed by atoms with Gasteiger partial charge in [-0.2, -0.15) is 0 Å². The average Bonchev–Trinajstić information content (AvgIpc) is 2.48. The molecule has 0 N–H and O–H groups in total. The van der Waals surface area contributed by atoms with Crippen LogP contribution in [0.4, 0.5) is 5.69 Å². The standard InChI is InChI=1S/C16H15BrINO/c1-3-11-4-7-13(8-5-11)19(2)16(20)14-10-12(18)6-9-15(14)17/h4-10H,3H2,1-2H3. The molecule has 104 valence electrons. The van der Waals surface area contributed by atoms with Crippen molar-refractivity contribution in [3.05, 3.63) is 61.6 Å². The highest BCUT2D eigenvalue weighted by molar-refractivity contribution is 14.1. The molecule has 20 heavy (non-hydrogen) atoms. The Hall–Kier alpha value is -0.880. The van der Waals surface area contributed by atoms with Crippen LogP contribution in [0.2, 0.25) is 0 Å². The third-order valence-electron chi connectivity index (χ3n) is 3.20. The first-order valence-electron chi connectivity index (χ1n) is 6.35. The molecule has 2 aromatic rings. The number of halogens is 2. The molecule has 0 aliphatic carbocycles. The summed E-state index contributed by atoms with van der Waals surface area (Å²) < 4.78 is 1.86. The van der Waals surface area contributed by atoms with Gasteiger partial charge in [0.25, 0.3) is 5.91 Å². The Labute approximate surface area is 141 Å². The summed E-state index contributed by atoms with van der Waals surface area (Å²) in [5.41, 5.74) is 2.85. The van der Waals surface area contributed by atoms with Crippen LogP contribution in [0.15, 0.2) is 46.9 Å². The van der Waals surface area contributed by atoms with E-state index < -0.39 is 0 Å². The summed E-state index contributed by atoms with van der Waals surface area (Å²) in [6, 6.07) is 13.9. The maximum Gasteiger partial charge on any atom is 0.259 e. The van der Waals surface area contributed by atoms with E-state index in [2.05, 4.69) is 57.6 Å². The van der Waals surface area contributed by atoms with Gasteiger partial charge >= 0.3 is 0 Å². The monoisotopic (exact) mass is 443 g/mol. The van der Waals surface area contributed by atoms with Gasteiger partial charge in [-0.15, -0.1) is 0 Å². The lowest BCUT2D eigenvalue weighted by atomic mass is 10.1. The number of aryl methyl sites for hydroxylation is 1. The van der Waals surface area contributed by atoms with Crippen LogP contribution in [-0.2, 0) is 6.42 Å². The summed E-state index contributed by atoms with van der Waals surface area (Å²) in [5, 5.41) is 0. The molecule has 0 heterocycles. The van der Waals surface area contributed by atoms with Gasteiger partial charge < -0.3 is 4.90 Å². The number of anilines is 1. The van der Waals surface area contributed by atoms with Crippen molar-refractivity contribution in [3.8, 4) is 0 Å². The minimum absolute atomic E-state index is 0.0142. The summed E-state index contributed by atoms with van der Waals surface area (Å²) in [5.74, 6) is -0.0142. The normalized spacial score (nSPS) is 10.4. The van der Waals surface area contributed by atoms with E-state index in [-0.39, 0.29) is 5.91 Å². The van der Waals surface area contributed by atoms with Crippen LogP contribution in [0.1, 0.15) is 22.8 Å². The van der Waals surface area contributed by atoms with Crippen molar-refractivity contribution in [2.45, 2.75) is 13.3 Å². The molecule has 4 heteroatoms. The molecule has 2 aromatic carbocycles. The van der Waals surface area contributed by atoms with Gasteiger partial charge in [-0.05, 0) is 80.8 Å². The van der Waals surface area contributed by atoms with Crippen LogP contribution < -0.4 is 4.90 Å². The van der Waals surface area contributed by atoms with E-state index >= 15 is 0 Å². The molecule has 0 unspecified atom stereocenters. The number of carbonyl (C=O) groups is 1. The maximum absolute atomic E-state index is 12.6. The Bertz CT molecular complexity index is 625. The van der Waals surface area contributed by atoms with E-state index in [1.165, 1.54) is 5.56 Å². The van der Waals surface area contributed by atoms with E-state index in [1.54, 1.807) is 11.9 Å². The number of rotatable bonds is 3. The van der Waals surface area contributed by atoms with Gasteiger partial charge in [-0.3, -0.25) is 4.79 Å². The Morgan fingerprint density at radius 2 is 1.85 bits per heavy atom. The van der Waals surface area contributed by atoms with Crippen molar-refractivity contribution in [1.82, 2.24) is 0 Å². The zero-order chi connectivity index (χ0) is 14.7. The minimum atomic E-state index is -0.0142. The molecular weight excluding hydrogens is 429 g/mol. The lowest BCUT2D eigenvalue weighted by Crippen LogP contribution is -2.26. The van der Waals surface area contributed by atoms with E-state index in [4.69, 9.17) is 0 Å². The molecule has 0 fully saturated rings. The molecule has 0 aromatic heterocycles. The molecule has 0 radical (unpaired) electrons. The summed E-state index contributed by atoms with van der Waals surface area (Å²) in [4.78, 5) is 14.2. The Morgan fingerprint density at radius 3 is 2.45 bits per heavy atom. The minimum Gasteiger partial charge on any atom is -0.311 e. The van der Waals surface area contributed by atoms with E-state index in [9.17, 15) is 4.79 Å². The molecule has 0 bridgehead atoms. The van der Waals surface area contributed by atoms with E-state index in [0.717, 1.165) is 20.2 Å². The number of hydrogen-bond acceptors (Lipinski definition) is 1. The van der Waals surface area contributed by atoms with Gasteiger partial charge in [0.15, 0.2) is 0 Å². The molecule has 0 aliphatic heterocycles. The Balaban J connectivity index is 2.29. The number of amides is 1. The van der Waals surface area contributed by atoms with Gasteiger partial charge in [0, 0.05) is 20.8 Å². The van der Waals surface area contributed by atoms with Crippen molar-refractivity contribution in [2.24, 2.45) is 0 Å². The summed E-state index contributed by atoms with van der Waals surface area (Å²) in [7, 11) is 1.80. The zero-order valence-corrected chi connectivity index (χ0v) is 15.1. The number of hydrogen-bond donors (Lipinski definition) is 0. The van der Waals surface area contributed by atoms with E-state index in [0.29, 0.717) is 5.56 Å². The largest absolute Gasteiger partial charge is 0.311 e. The molecule has 2 nitrogen and oxygen atoms in total. The van der Waals surface area contributed by atoms with Crippen molar-refractivity contribution in [2.75, 3.05) is 11.9 Å². The van der Waals surface area contributed by atoms with Gasteiger partial charge in [-0.1, -0.05) is 19.1 Å². The van der Waals surface area contributed by atoms with Crippen molar-refractivity contribution in [3.63, 3.8) is 0 Å². The molecule has 0 spiro atoms. The third kappa shape index (κ3) is 3.41. The van der Waals surface area contributed by atoms with Crippen LogP contribution in [0.3, 0.4) is 0 Å². The first-order chi connectivity index (χ1) is 9.52. The lowest BCUT2D eigenvalue weighted by Gasteiger charge is -2.18. The number of nitrogens with zero attached hydrogens (tertiary/aromatic N) is 1. The van der Waals surface area contributed by atoms with Crippen LogP contribution in [-0.4, -0.2) is 13.0 Å². The Kier molecular flexibility index (Phi) is 5.21. The van der Waals surface area contributed by atoms with Crippen LogP contribution >= 0.6 is 38.5 Å².